The molecule has 170 valence electrons. The van der Waals surface area contributed by atoms with Gasteiger partial charge in [0, 0.05) is 16.9 Å². The van der Waals surface area contributed by atoms with Gasteiger partial charge in [-0.15, -0.1) is 11.8 Å². The largest absolute Gasteiger partial charge is 0.322 e. The van der Waals surface area contributed by atoms with E-state index in [0.29, 0.717) is 22.9 Å². The molecule has 1 aliphatic rings. The molecule has 0 saturated carbocycles. The molecule has 4 nitrogen and oxygen atoms in total. The molecular formula is C29H26N2O2S. The molecule has 4 aromatic rings. The Balaban J connectivity index is 1.41. The quantitative estimate of drug-likeness (QED) is 0.345. The van der Waals surface area contributed by atoms with Crippen LogP contribution >= 0.6 is 11.8 Å². The maximum atomic E-state index is 13.1. The minimum Gasteiger partial charge on any atom is -0.322 e. The Hall–Kier alpha value is -3.57. The van der Waals surface area contributed by atoms with Crippen molar-refractivity contribution in [3.05, 3.63) is 108 Å². The lowest BCUT2D eigenvalue weighted by molar-refractivity contribution is -0.115. The van der Waals surface area contributed by atoms with Crippen LogP contribution in [0.5, 0.6) is 0 Å². The van der Waals surface area contributed by atoms with E-state index in [1.54, 1.807) is 11.8 Å². The second kappa shape index (κ2) is 9.35. The third kappa shape index (κ3) is 4.31. The summed E-state index contributed by atoms with van der Waals surface area (Å²) in [6, 6.07) is 29.6. The number of benzene rings is 4. The van der Waals surface area contributed by atoms with Gasteiger partial charge in [-0.3, -0.25) is 14.5 Å². The van der Waals surface area contributed by atoms with Crippen LogP contribution < -0.4 is 10.2 Å². The van der Waals surface area contributed by atoms with Crippen LogP contribution in [0.25, 0.3) is 10.8 Å². The summed E-state index contributed by atoms with van der Waals surface area (Å²) in [6.07, 6.45) is 0. The number of amides is 2. The number of hydrogen-bond acceptors (Lipinski definition) is 3. The summed E-state index contributed by atoms with van der Waals surface area (Å²) in [4.78, 5) is 27.8. The molecular weight excluding hydrogens is 440 g/mol. The highest BCUT2D eigenvalue weighted by molar-refractivity contribution is 8.00. The molecule has 0 radical (unpaired) electrons. The Morgan fingerprint density at radius 1 is 0.941 bits per heavy atom. The number of thioether (sulfide) groups is 1. The van der Waals surface area contributed by atoms with Gasteiger partial charge in [-0.1, -0.05) is 74.5 Å². The van der Waals surface area contributed by atoms with E-state index in [4.69, 9.17) is 0 Å². The maximum absolute atomic E-state index is 13.1. The lowest BCUT2D eigenvalue weighted by Gasteiger charge is -2.25. The number of rotatable bonds is 5. The van der Waals surface area contributed by atoms with E-state index in [-0.39, 0.29) is 17.2 Å². The van der Waals surface area contributed by atoms with E-state index >= 15 is 0 Å². The number of anilines is 2. The Morgan fingerprint density at radius 2 is 1.68 bits per heavy atom. The normalized spacial score (nSPS) is 15.8. The Labute approximate surface area is 204 Å². The van der Waals surface area contributed by atoms with E-state index in [2.05, 4.69) is 31.3 Å². The molecule has 0 unspecified atom stereocenters. The topological polar surface area (TPSA) is 49.4 Å². The first-order valence-electron chi connectivity index (χ1n) is 11.4. The second-order valence-corrected chi connectivity index (χ2v) is 9.85. The van der Waals surface area contributed by atoms with Gasteiger partial charge in [-0.25, -0.2) is 0 Å². The first-order valence-corrected chi connectivity index (χ1v) is 12.5. The fourth-order valence-electron chi connectivity index (χ4n) is 4.36. The van der Waals surface area contributed by atoms with Crippen molar-refractivity contribution >= 4 is 45.7 Å². The van der Waals surface area contributed by atoms with Crippen LogP contribution in [0.1, 0.15) is 46.6 Å². The van der Waals surface area contributed by atoms with Crippen molar-refractivity contribution in [2.45, 2.75) is 25.1 Å². The van der Waals surface area contributed by atoms with Crippen molar-refractivity contribution in [1.29, 1.82) is 0 Å². The predicted octanol–water partition coefficient (Wildman–Crippen LogP) is 6.99. The molecule has 0 spiro atoms. The van der Waals surface area contributed by atoms with Crippen LogP contribution in [0, 0.1) is 0 Å². The van der Waals surface area contributed by atoms with Crippen LogP contribution in [0.4, 0.5) is 11.4 Å². The fourth-order valence-corrected chi connectivity index (χ4v) is 5.53. The van der Waals surface area contributed by atoms with Gasteiger partial charge in [0.15, 0.2) is 0 Å². The lowest BCUT2D eigenvalue weighted by atomic mass is 10.0. The minimum absolute atomic E-state index is 0.0949. The smallest absolute Gasteiger partial charge is 0.256 e. The van der Waals surface area contributed by atoms with E-state index in [9.17, 15) is 9.59 Å². The molecule has 4 aromatic carbocycles. The highest BCUT2D eigenvalue weighted by atomic mass is 32.2. The van der Waals surface area contributed by atoms with Crippen LogP contribution in [0.3, 0.4) is 0 Å². The number of nitrogens with zero attached hydrogens (tertiary/aromatic N) is 1. The van der Waals surface area contributed by atoms with E-state index in [1.807, 2.05) is 83.8 Å². The molecule has 1 saturated heterocycles. The van der Waals surface area contributed by atoms with Crippen molar-refractivity contribution in [2.75, 3.05) is 16.0 Å². The van der Waals surface area contributed by atoms with Crippen LogP contribution in [-0.4, -0.2) is 17.6 Å². The second-order valence-electron chi connectivity index (χ2n) is 8.78. The van der Waals surface area contributed by atoms with Crippen LogP contribution in [0.15, 0.2) is 91.0 Å². The number of fused-ring (bicyclic) bond motifs is 1. The summed E-state index contributed by atoms with van der Waals surface area (Å²) in [7, 11) is 0. The molecule has 0 aromatic heterocycles. The van der Waals surface area contributed by atoms with Gasteiger partial charge >= 0.3 is 0 Å². The van der Waals surface area contributed by atoms with Gasteiger partial charge in [0.05, 0.1) is 5.75 Å². The third-order valence-electron chi connectivity index (χ3n) is 6.17. The highest BCUT2D eigenvalue weighted by Gasteiger charge is 2.34. The fraction of sp³-hybridized carbons (Fsp3) is 0.172. The SMILES string of the molecule is CC(C)c1ccc(N2C(=O)CS[C@H]2c2cccc(NC(=O)c3cccc4ccccc34)c2)cc1. The monoisotopic (exact) mass is 466 g/mol. The molecule has 2 amide bonds. The van der Waals surface area contributed by atoms with Crippen LogP contribution in [-0.2, 0) is 4.79 Å². The van der Waals surface area contributed by atoms with Gasteiger partial charge < -0.3 is 5.32 Å². The number of nitrogens with one attached hydrogen (secondary N) is 1. The first-order chi connectivity index (χ1) is 16.5. The Kier molecular flexibility index (Phi) is 6.12. The van der Waals surface area contributed by atoms with E-state index in [0.717, 1.165) is 22.0 Å². The zero-order chi connectivity index (χ0) is 23.7. The molecule has 1 aliphatic heterocycles. The van der Waals surface area contributed by atoms with Gasteiger partial charge in [0.2, 0.25) is 5.91 Å². The van der Waals surface area contributed by atoms with E-state index in [1.165, 1.54) is 5.56 Å². The standard InChI is InChI=1S/C29H26N2O2S/c1-19(2)20-13-15-24(16-14-20)31-27(32)18-34-29(31)22-9-5-10-23(17-22)30-28(33)26-12-6-8-21-7-3-4-11-25(21)26/h3-17,19,29H,18H2,1-2H3,(H,30,33)/t29-/m0/s1. The van der Waals surface area contributed by atoms with Crippen molar-refractivity contribution < 1.29 is 9.59 Å². The third-order valence-corrected chi connectivity index (χ3v) is 7.38. The van der Waals surface area contributed by atoms with E-state index < -0.39 is 0 Å². The van der Waals surface area contributed by atoms with Gasteiger partial charge in [0.1, 0.15) is 5.37 Å². The number of carbonyl (C=O) groups excluding carboxylic acids is 2. The molecule has 0 bridgehead atoms. The predicted molar refractivity (Wildman–Crippen MR) is 142 cm³/mol. The zero-order valence-corrected chi connectivity index (χ0v) is 20.0. The first kappa shape index (κ1) is 22.2. The molecule has 5 heteroatoms. The molecule has 34 heavy (non-hydrogen) atoms. The van der Waals surface area contributed by atoms with Crippen molar-refractivity contribution in [2.24, 2.45) is 0 Å². The maximum Gasteiger partial charge on any atom is 0.256 e. The average molecular weight is 467 g/mol. The summed E-state index contributed by atoms with van der Waals surface area (Å²) in [6.45, 7) is 4.32. The highest BCUT2D eigenvalue weighted by Crippen LogP contribution is 2.42. The zero-order valence-electron chi connectivity index (χ0n) is 19.2. The summed E-state index contributed by atoms with van der Waals surface area (Å²) in [5.74, 6) is 0.821. The molecule has 1 atom stereocenters. The Bertz CT molecular complexity index is 1360. The Morgan fingerprint density at radius 3 is 2.47 bits per heavy atom. The molecule has 1 heterocycles. The molecule has 1 fully saturated rings. The van der Waals surface area contributed by atoms with Gasteiger partial charge in [0.25, 0.3) is 5.91 Å². The average Bonchev–Trinajstić information content (AvgIpc) is 3.25. The summed E-state index contributed by atoms with van der Waals surface area (Å²) >= 11 is 1.61. The van der Waals surface area contributed by atoms with Crippen molar-refractivity contribution in [3.63, 3.8) is 0 Å². The molecule has 5 rings (SSSR count). The number of carbonyl (C=O) groups is 2. The van der Waals surface area contributed by atoms with Gasteiger partial charge in [-0.05, 0) is 58.1 Å². The summed E-state index contributed by atoms with van der Waals surface area (Å²) in [5, 5.41) is 4.87. The van der Waals surface area contributed by atoms with Gasteiger partial charge in [-0.2, -0.15) is 0 Å². The van der Waals surface area contributed by atoms with Crippen molar-refractivity contribution in [3.8, 4) is 0 Å². The molecule has 0 aliphatic carbocycles. The number of hydrogen-bond donors (Lipinski definition) is 1. The summed E-state index contributed by atoms with van der Waals surface area (Å²) in [5.41, 5.74) is 4.48. The molecule has 1 N–H and O–H groups in total. The van der Waals surface area contributed by atoms with Crippen molar-refractivity contribution in [1.82, 2.24) is 0 Å². The minimum atomic E-state index is -0.148. The lowest BCUT2D eigenvalue weighted by Crippen LogP contribution is -2.27. The van der Waals surface area contributed by atoms with Crippen LogP contribution in [0.2, 0.25) is 0 Å². The summed E-state index contributed by atoms with van der Waals surface area (Å²) < 4.78 is 0.